The molecule has 1 aliphatic heterocycles. The number of amides is 2. The SMILES string of the molecule is CCn1c2ccccc2c2cc(CN3CCN(C(=O)OCCN(Cc4ccc5c(c4)c4ccccc4n5CC)C(=O)OC(C)(C)C)CC3)ccc21. The summed E-state index contributed by atoms with van der Waals surface area (Å²) in [4.78, 5) is 32.3. The molecule has 4 aromatic carbocycles. The second-order valence-electron chi connectivity index (χ2n) is 14.5. The molecule has 0 unspecified atom stereocenters. The molecule has 0 bridgehead atoms. The third-order valence-corrected chi connectivity index (χ3v) is 9.95. The predicted octanol–water partition coefficient (Wildman–Crippen LogP) is 8.63. The lowest BCUT2D eigenvalue weighted by atomic mass is 10.1. The largest absolute Gasteiger partial charge is 0.448 e. The van der Waals surface area contributed by atoms with Crippen LogP contribution in [0.3, 0.4) is 0 Å². The van der Waals surface area contributed by atoms with Gasteiger partial charge in [0.1, 0.15) is 12.2 Å². The van der Waals surface area contributed by atoms with Gasteiger partial charge in [-0.2, -0.15) is 0 Å². The highest BCUT2D eigenvalue weighted by Gasteiger charge is 2.26. The van der Waals surface area contributed by atoms with E-state index in [0.717, 1.165) is 43.7 Å². The molecule has 9 heteroatoms. The maximum absolute atomic E-state index is 13.3. The number of nitrogens with zero attached hydrogens (tertiary/aromatic N) is 5. The lowest BCUT2D eigenvalue weighted by molar-refractivity contribution is 0.0165. The number of fused-ring (bicyclic) bond motifs is 6. The number of hydrogen-bond acceptors (Lipinski definition) is 5. The van der Waals surface area contributed by atoms with Gasteiger partial charge in [-0.25, -0.2) is 9.59 Å². The molecule has 1 fully saturated rings. The second-order valence-corrected chi connectivity index (χ2v) is 14.5. The van der Waals surface area contributed by atoms with E-state index in [2.05, 4.69) is 113 Å². The van der Waals surface area contributed by atoms with Gasteiger partial charge in [0.05, 0.1) is 6.54 Å². The van der Waals surface area contributed by atoms with E-state index in [0.29, 0.717) is 19.6 Å². The topological polar surface area (TPSA) is 72.2 Å². The minimum Gasteiger partial charge on any atom is -0.448 e. The van der Waals surface area contributed by atoms with Crippen molar-refractivity contribution in [1.82, 2.24) is 23.8 Å². The zero-order valence-electron chi connectivity index (χ0n) is 30.5. The summed E-state index contributed by atoms with van der Waals surface area (Å²) in [6.07, 6.45) is -0.776. The van der Waals surface area contributed by atoms with E-state index in [-0.39, 0.29) is 19.2 Å². The minimum atomic E-state index is -0.648. The first-order valence-corrected chi connectivity index (χ1v) is 18.2. The molecule has 0 radical (unpaired) electrons. The molecule has 51 heavy (non-hydrogen) atoms. The quantitative estimate of drug-likeness (QED) is 0.152. The van der Waals surface area contributed by atoms with Gasteiger partial charge in [0.15, 0.2) is 0 Å². The van der Waals surface area contributed by atoms with Crippen molar-refractivity contribution in [2.24, 2.45) is 0 Å². The molecule has 0 aliphatic carbocycles. The second kappa shape index (κ2) is 14.3. The maximum atomic E-state index is 13.3. The Morgan fingerprint density at radius 1 is 0.686 bits per heavy atom. The zero-order chi connectivity index (χ0) is 35.7. The summed E-state index contributed by atoms with van der Waals surface area (Å²) in [6, 6.07) is 30.2. The van der Waals surface area contributed by atoms with Crippen molar-refractivity contribution in [2.75, 3.05) is 39.3 Å². The molecule has 0 N–H and O–H groups in total. The lowest BCUT2D eigenvalue weighted by Gasteiger charge is -2.34. The van der Waals surface area contributed by atoms with E-state index in [1.165, 1.54) is 43.8 Å². The Kier molecular flexibility index (Phi) is 9.66. The van der Waals surface area contributed by atoms with Crippen molar-refractivity contribution in [3.8, 4) is 0 Å². The summed E-state index contributed by atoms with van der Waals surface area (Å²) < 4.78 is 16.2. The number of para-hydroxylation sites is 2. The molecule has 266 valence electrons. The molecule has 1 saturated heterocycles. The van der Waals surface area contributed by atoms with E-state index in [1.807, 2.05) is 20.8 Å². The first-order valence-electron chi connectivity index (χ1n) is 18.2. The number of aryl methyl sites for hydroxylation is 2. The van der Waals surface area contributed by atoms with Crippen molar-refractivity contribution >= 4 is 55.8 Å². The van der Waals surface area contributed by atoms with Gasteiger partial charge in [0.25, 0.3) is 0 Å². The highest BCUT2D eigenvalue weighted by atomic mass is 16.6. The fourth-order valence-electron chi connectivity index (χ4n) is 7.54. The average Bonchev–Trinajstić information content (AvgIpc) is 3.62. The van der Waals surface area contributed by atoms with Crippen molar-refractivity contribution in [3.63, 3.8) is 0 Å². The Morgan fingerprint density at radius 2 is 1.22 bits per heavy atom. The van der Waals surface area contributed by atoms with Gasteiger partial charge < -0.3 is 28.4 Å². The molecule has 0 atom stereocenters. The van der Waals surface area contributed by atoms with Crippen LogP contribution in [0.25, 0.3) is 43.6 Å². The lowest BCUT2D eigenvalue weighted by Crippen LogP contribution is -2.48. The van der Waals surface area contributed by atoms with E-state index in [4.69, 9.17) is 9.47 Å². The highest BCUT2D eigenvalue weighted by Crippen LogP contribution is 2.31. The van der Waals surface area contributed by atoms with Crippen molar-refractivity contribution in [1.29, 1.82) is 0 Å². The molecular formula is C42H49N5O4. The third-order valence-electron chi connectivity index (χ3n) is 9.95. The Labute approximate surface area is 299 Å². The molecule has 9 nitrogen and oxygen atoms in total. The van der Waals surface area contributed by atoms with Gasteiger partial charge >= 0.3 is 12.2 Å². The van der Waals surface area contributed by atoms with Gasteiger partial charge in [-0.1, -0.05) is 48.5 Å². The molecule has 1 aliphatic rings. The highest BCUT2D eigenvalue weighted by molar-refractivity contribution is 6.09. The molecule has 3 heterocycles. The van der Waals surface area contributed by atoms with Crippen LogP contribution in [0, 0.1) is 0 Å². The molecule has 2 amide bonds. The number of aromatic nitrogens is 2. The standard InChI is InChI=1S/C42H49N5O4/c1-6-46-36-14-10-8-12-32(36)34-26-30(16-18-38(34)46)28-43-20-22-44(23-21-43)40(48)50-25-24-45(41(49)51-42(3,4)5)29-31-17-19-39-35(27-31)33-13-9-11-15-37(33)47(39)7-2/h8-19,26-27H,6-7,20-25,28-29H2,1-5H3. The summed E-state index contributed by atoms with van der Waals surface area (Å²) in [6.45, 7) is 15.9. The van der Waals surface area contributed by atoms with Crippen LogP contribution >= 0.6 is 0 Å². The van der Waals surface area contributed by atoms with Crippen LogP contribution in [0.1, 0.15) is 45.7 Å². The third kappa shape index (κ3) is 7.13. The number of carbonyl (C=O) groups excluding carboxylic acids is 2. The normalized spacial score (nSPS) is 14.2. The summed E-state index contributed by atoms with van der Waals surface area (Å²) in [5.41, 5.74) is 6.51. The minimum absolute atomic E-state index is 0.0844. The van der Waals surface area contributed by atoms with Crippen LogP contribution in [0.4, 0.5) is 9.59 Å². The van der Waals surface area contributed by atoms with Gasteiger partial charge in [-0.3, -0.25) is 4.90 Å². The smallest absolute Gasteiger partial charge is 0.410 e. The fourth-order valence-corrected chi connectivity index (χ4v) is 7.54. The number of benzene rings is 4. The van der Waals surface area contributed by atoms with E-state index < -0.39 is 11.7 Å². The molecular weight excluding hydrogens is 638 g/mol. The molecule has 7 rings (SSSR count). The van der Waals surface area contributed by atoms with Crippen LogP contribution in [0.5, 0.6) is 0 Å². The van der Waals surface area contributed by atoms with Gasteiger partial charge in [-0.05, 0) is 82.1 Å². The number of carbonyl (C=O) groups is 2. The average molecular weight is 688 g/mol. The van der Waals surface area contributed by atoms with Crippen LogP contribution in [0.2, 0.25) is 0 Å². The number of ether oxygens (including phenoxy) is 2. The predicted molar refractivity (Wildman–Crippen MR) is 205 cm³/mol. The summed E-state index contributed by atoms with van der Waals surface area (Å²) >= 11 is 0. The Balaban J connectivity index is 0.963. The van der Waals surface area contributed by atoms with E-state index in [1.54, 1.807) is 9.80 Å². The van der Waals surface area contributed by atoms with Gasteiger partial charge in [0, 0.05) is 96.0 Å². The van der Waals surface area contributed by atoms with Gasteiger partial charge in [0.2, 0.25) is 0 Å². The van der Waals surface area contributed by atoms with E-state index in [9.17, 15) is 9.59 Å². The number of hydrogen-bond donors (Lipinski definition) is 0. The molecule has 2 aromatic heterocycles. The summed E-state index contributed by atoms with van der Waals surface area (Å²) in [5, 5.41) is 4.92. The molecule has 6 aromatic rings. The monoisotopic (exact) mass is 687 g/mol. The molecule has 0 spiro atoms. The van der Waals surface area contributed by atoms with Gasteiger partial charge in [-0.15, -0.1) is 0 Å². The molecule has 0 saturated carbocycles. The number of rotatable bonds is 9. The van der Waals surface area contributed by atoms with Crippen LogP contribution in [-0.2, 0) is 35.7 Å². The van der Waals surface area contributed by atoms with Crippen molar-refractivity contribution < 1.29 is 19.1 Å². The number of piperazine rings is 1. The van der Waals surface area contributed by atoms with Crippen molar-refractivity contribution in [3.05, 3.63) is 96.1 Å². The van der Waals surface area contributed by atoms with Crippen LogP contribution in [0.15, 0.2) is 84.9 Å². The van der Waals surface area contributed by atoms with Crippen LogP contribution in [-0.4, -0.2) is 81.0 Å². The maximum Gasteiger partial charge on any atom is 0.410 e. The first kappa shape index (κ1) is 34.4. The van der Waals surface area contributed by atoms with Crippen LogP contribution < -0.4 is 0 Å². The first-order chi connectivity index (χ1) is 24.6. The Hall–Kier alpha value is -5.02. The zero-order valence-corrected chi connectivity index (χ0v) is 30.5. The summed E-state index contributed by atoms with van der Waals surface area (Å²) in [5.74, 6) is 0. The Bertz CT molecular complexity index is 2200. The Morgan fingerprint density at radius 3 is 1.78 bits per heavy atom. The van der Waals surface area contributed by atoms with E-state index >= 15 is 0 Å². The fraction of sp³-hybridized carbons (Fsp3) is 0.381. The summed E-state index contributed by atoms with van der Waals surface area (Å²) in [7, 11) is 0. The van der Waals surface area contributed by atoms with Crippen molar-refractivity contribution in [2.45, 2.75) is 66.4 Å².